The summed E-state index contributed by atoms with van der Waals surface area (Å²) >= 11 is 17.5. The molecule has 1 amide bonds. The van der Waals surface area contributed by atoms with Gasteiger partial charge in [-0.3, -0.25) is 9.69 Å². The van der Waals surface area contributed by atoms with Crippen LogP contribution in [0.5, 0.6) is 5.75 Å². The van der Waals surface area contributed by atoms with Crippen molar-refractivity contribution in [2.24, 2.45) is 0 Å². The molecule has 4 nitrogen and oxygen atoms in total. The Labute approximate surface area is 145 Å². The largest absolute Gasteiger partial charge is 0.491 e. The monoisotopic (exact) mass is 358 g/mol. The molecule has 2 rings (SSSR count). The van der Waals surface area contributed by atoms with Crippen LogP contribution in [0.2, 0.25) is 10.0 Å². The Morgan fingerprint density at radius 1 is 1.32 bits per heavy atom. The first-order valence-electron chi connectivity index (χ1n) is 6.94. The van der Waals surface area contributed by atoms with Crippen molar-refractivity contribution in [3.63, 3.8) is 0 Å². The number of nitrogens with one attached hydrogen (secondary N) is 1. The molecule has 1 saturated heterocycles. The molecule has 1 heterocycles. The van der Waals surface area contributed by atoms with E-state index in [-0.39, 0.29) is 5.91 Å². The fraction of sp³-hybridized carbons (Fsp3) is 0.333. The molecule has 0 saturated carbocycles. The molecular weight excluding hydrogens is 343 g/mol. The number of halogens is 2. The summed E-state index contributed by atoms with van der Waals surface area (Å²) in [7, 11) is 0. The third-order valence-electron chi connectivity index (χ3n) is 3.03. The molecular formula is C15H16Cl2N2O2S. The first-order valence-corrected chi connectivity index (χ1v) is 8.10. The lowest BCUT2D eigenvalue weighted by atomic mass is 10.1. The van der Waals surface area contributed by atoms with E-state index in [1.54, 1.807) is 23.1 Å². The average molecular weight is 359 g/mol. The second kappa shape index (κ2) is 7.31. The number of hydrogen-bond donors (Lipinski definition) is 1. The molecule has 0 atom stereocenters. The zero-order chi connectivity index (χ0) is 16.3. The minimum Gasteiger partial charge on any atom is -0.491 e. The van der Waals surface area contributed by atoms with E-state index < -0.39 is 0 Å². The summed E-state index contributed by atoms with van der Waals surface area (Å²) in [4.78, 5) is 13.8. The Morgan fingerprint density at radius 2 is 1.95 bits per heavy atom. The summed E-state index contributed by atoms with van der Waals surface area (Å²) in [6.07, 6.45) is 2.51. The van der Waals surface area contributed by atoms with Gasteiger partial charge in [-0.2, -0.15) is 0 Å². The quantitative estimate of drug-likeness (QED) is 0.640. The van der Waals surface area contributed by atoms with Crippen LogP contribution < -0.4 is 10.1 Å². The number of nitrogens with zero attached hydrogens (tertiary/aromatic N) is 1. The van der Waals surface area contributed by atoms with E-state index in [1.807, 2.05) is 13.8 Å². The van der Waals surface area contributed by atoms with Crippen LogP contribution in [0.4, 0.5) is 0 Å². The first-order chi connectivity index (χ1) is 10.5. The highest BCUT2D eigenvalue weighted by Gasteiger charge is 2.29. The van der Waals surface area contributed by atoms with Crippen molar-refractivity contribution in [2.45, 2.75) is 20.3 Å². The number of carbonyl (C=O) groups is 1. The van der Waals surface area contributed by atoms with Gasteiger partial charge in [0.1, 0.15) is 5.70 Å². The van der Waals surface area contributed by atoms with Crippen molar-refractivity contribution >= 4 is 52.5 Å². The number of rotatable bonds is 5. The van der Waals surface area contributed by atoms with E-state index in [0.29, 0.717) is 45.3 Å². The minimum atomic E-state index is -0.145. The Balaban J connectivity index is 2.30. The van der Waals surface area contributed by atoms with Crippen LogP contribution in [0.15, 0.2) is 17.8 Å². The van der Waals surface area contributed by atoms with Crippen LogP contribution in [0.25, 0.3) is 6.08 Å². The van der Waals surface area contributed by atoms with Gasteiger partial charge in [-0.05, 0) is 49.3 Å². The zero-order valence-corrected chi connectivity index (χ0v) is 14.6. The summed E-state index contributed by atoms with van der Waals surface area (Å²) in [5, 5.41) is 4.14. The summed E-state index contributed by atoms with van der Waals surface area (Å²) in [6, 6.07) is 3.40. The lowest BCUT2D eigenvalue weighted by Gasteiger charge is -2.11. The molecule has 0 bridgehead atoms. The number of hydrogen-bond acceptors (Lipinski definition) is 3. The highest BCUT2D eigenvalue weighted by molar-refractivity contribution is 7.80. The molecule has 118 valence electrons. The highest BCUT2D eigenvalue weighted by atomic mass is 35.5. The van der Waals surface area contributed by atoms with E-state index in [4.69, 9.17) is 40.2 Å². The maximum Gasteiger partial charge on any atom is 0.276 e. The Kier molecular flexibility index (Phi) is 5.67. The first kappa shape index (κ1) is 17.1. The van der Waals surface area contributed by atoms with Gasteiger partial charge in [0.15, 0.2) is 10.9 Å². The van der Waals surface area contributed by atoms with Crippen LogP contribution in [0.3, 0.4) is 0 Å². The topological polar surface area (TPSA) is 41.6 Å². The number of carbonyl (C=O) groups excluding carboxylic acids is 1. The van der Waals surface area contributed by atoms with Crippen molar-refractivity contribution in [3.05, 3.63) is 33.4 Å². The second-order valence-electron chi connectivity index (χ2n) is 4.69. The van der Waals surface area contributed by atoms with Gasteiger partial charge < -0.3 is 10.1 Å². The molecule has 1 aliphatic rings. The number of thiocarbonyl (C=S) groups is 1. The smallest absolute Gasteiger partial charge is 0.276 e. The predicted molar refractivity (Wildman–Crippen MR) is 93.3 cm³/mol. The fourth-order valence-electron chi connectivity index (χ4n) is 2.11. The second-order valence-corrected chi connectivity index (χ2v) is 5.89. The highest BCUT2D eigenvalue weighted by Crippen LogP contribution is 2.35. The van der Waals surface area contributed by atoms with Crippen LogP contribution in [-0.2, 0) is 4.79 Å². The van der Waals surface area contributed by atoms with Gasteiger partial charge in [-0.1, -0.05) is 30.1 Å². The van der Waals surface area contributed by atoms with Gasteiger partial charge >= 0.3 is 0 Å². The van der Waals surface area contributed by atoms with E-state index >= 15 is 0 Å². The number of ether oxygens (including phenoxy) is 1. The maximum absolute atomic E-state index is 12.3. The standard InChI is InChI=1S/C15H16Cl2N2O2S/c1-3-5-19-14(20)12(18-15(19)22)8-9-6-10(16)13(21-4-2)11(17)7-9/h6-8H,3-5H2,1-2H3,(H,18,22)/b12-8-. The molecule has 7 heteroatoms. The summed E-state index contributed by atoms with van der Waals surface area (Å²) < 4.78 is 5.38. The van der Waals surface area contributed by atoms with E-state index in [9.17, 15) is 4.79 Å². The molecule has 22 heavy (non-hydrogen) atoms. The van der Waals surface area contributed by atoms with E-state index in [1.165, 1.54) is 0 Å². The lowest BCUT2D eigenvalue weighted by molar-refractivity contribution is -0.122. The lowest BCUT2D eigenvalue weighted by Crippen LogP contribution is -2.31. The molecule has 1 aromatic carbocycles. The number of benzene rings is 1. The Morgan fingerprint density at radius 3 is 2.50 bits per heavy atom. The summed E-state index contributed by atoms with van der Waals surface area (Å²) in [5.41, 5.74) is 1.12. The molecule has 0 radical (unpaired) electrons. The molecule has 1 aromatic rings. The Bertz CT molecular complexity index is 623. The average Bonchev–Trinajstić information content (AvgIpc) is 2.71. The van der Waals surface area contributed by atoms with Crippen LogP contribution in [0.1, 0.15) is 25.8 Å². The zero-order valence-electron chi connectivity index (χ0n) is 12.3. The van der Waals surface area contributed by atoms with Gasteiger partial charge in [0.2, 0.25) is 0 Å². The molecule has 0 unspecified atom stereocenters. The third kappa shape index (κ3) is 3.54. The third-order valence-corrected chi connectivity index (χ3v) is 3.91. The molecule has 1 fully saturated rings. The maximum atomic E-state index is 12.3. The van der Waals surface area contributed by atoms with Gasteiger partial charge in [0, 0.05) is 6.54 Å². The van der Waals surface area contributed by atoms with E-state index in [2.05, 4.69) is 5.32 Å². The van der Waals surface area contributed by atoms with Gasteiger partial charge in [-0.25, -0.2) is 0 Å². The molecule has 1 aliphatic heterocycles. The van der Waals surface area contributed by atoms with Gasteiger partial charge in [0.05, 0.1) is 16.7 Å². The molecule has 0 aromatic heterocycles. The van der Waals surface area contributed by atoms with Gasteiger partial charge in [-0.15, -0.1) is 0 Å². The molecule has 0 aliphatic carbocycles. The van der Waals surface area contributed by atoms with E-state index in [0.717, 1.165) is 6.42 Å². The van der Waals surface area contributed by atoms with Gasteiger partial charge in [0.25, 0.3) is 5.91 Å². The molecule has 1 N–H and O–H groups in total. The van der Waals surface area contributed by atoms with Crippen LogP contribution in [-0.4, -0.2) is 29.1 Å². The van der Waals surface area contributed by atoms with Crippen molar-refractivity contribution in [1.82, 2.24) is 10.2 Å². The SMILES string of the molecule is CCCN1C(=O)/C(=C/c2cc(Cl)c(OCC)c(Cl)c2)NC1=S. The van der Waals surface area contributed by atoms with Crippen molar-refractivity contribution in [2.75, 3.05) is 13.2 Å². The minimum absolute atomic E-state index is 0.145. The van der Waals surface area contributed by atoms with Crippen LogP contribution >= 0.6 is 35.4 Å². The number of amides is 1. The summed E-state index contributed by atoms with van der Waals surface area (Å²) in [6.45, 7) is 4.91. The van der Waals surface area contributed by atoms with Crippen molar-refractivity contribution in [3.8, 4) is 5.75 Å². The Hall–Kier alpha value is -1.30. The fourth-order valence-corrected chi connectivity index (χ4v) is 3.01. The summed E-state index contributed by atoms with van der Waals surface area (Å²) in [5.74, 6) is 0.301. The van der Waals surface area contributed by atoms with Crippen molar-refractivity contribution in [1.29, 1.82) is 0 Å². The molecule has 0 spiro atoms. The van der Waals surface area contributed by atoms with Crippen molar-refractivity contribution < 1.29 is 9.53 Å². The predicted octanol–water partition coefficient (Wildman–Crippen LogP) is 3.86. The van der Waals surface area contributed by atoms with Crippen LogP contribution in [0, 0.1) is 0 Å². The normalized spacial score (nSPS) is 16.4.